The van der Waals surface area contributed by atoms with Gasteiger partial charge in [0.15, 0.2) is 0 Å². The summed E-state index contributed by atoms with van der Waals surface area (Å²) in [6.45, 7) is 0. The fourth-order valence-corrected chi connectivity index (χ4v) is 1.21. The monoisotopic (exact) mass is 147 g/mol. The van der Waals surface area contributed by atoms with Gasteiger partial charge in [0.1, 0.15) is 0 Å². The van der Waals surface area contributed by atoms with Crippen LogP contribution in [0.25, 0.3) is 10.8 Å². The fraction of sp³-hybridized carbons (Fsp3) is 0. The van der Waals surface area contributed by atoms with E-state index in [-0.39, 0.29) is 0 Å². The lowest BCUT2D eigenvalue weighted by molar-refractivity contribution is 1.73. The maximum Gasteiger partial charge on any atom is 0.0320 e. The molecule has 0 amide bonds. The van der Waals surface area contributed by atoms with Crippen LogP contribution in [0.2, 0.25) is 0 Å². The minimum atomic E-state index is 0.823. The number of fused-ring (bicyclic) bond motifs is 1. The van der Waals surface area contributed by atoms with Gasteiger partial charge >= 0.3 is 0 Å². The van der Waals surface area contributed by atoms with Gasteiger partial charge in [0.25, 0.3) is 0 Å². The van der Waals surface area contributed by atoms with Crippen molar-refractivity contribution in [3.05, 3.63) is 42.5 Å². The highest BCUT2D eigenvalue weighted by Gasteiger charge is 1.89. The lowest BCUT2D eigenvalue weighted by atomic mass is 10.2. The molecular weight excluding hydrogens is 138 g/mol. The van der Waals surface area contributed by atoms with Gasteiger partial charge in [-0.1, -0.05) is 30.3 Å². The SMILES string of the molecule is Nc1ccc2[13cH][13cH][13cH][13cH]c2c1. The molecule has 0 aliphatic rings. The molecule has 0 saturated heterocycles. The van der Waals surface area contributed by atoms with Crippen LogP contribution >= 0.6 is 0 Å². The Labute approximate surface area is 65.5 Å². The number of benzene rings is 2. The minimum Gasteiger partial charge on any atom is -0.399 e. The molecule has 0 aliphatic carbocycles. The van der Waals surface area contributed by atoms with Crippen LogP contribution in [0, 0.1) is 0 Å². The highest BCUT2D eigenvalue weighted by atomic mass is 14.6. The molecule has 0 spiro atoms. The van der Waals surface area contributed by atoms with E-state index in [0.717, 1.165) is 5.69 Å². The third kappa shape index (κ3) is 1.05. The molecule has 2 aromatic rings. The van der Waals surface area contributed by atoms with Gasteiger partial charge < -0.3 is 5.73 Å². The Hall–Kier alpha value is -1.50. The third-order valence-corrected chi connectivity index (χ3v) is 1.77. The Bertz CT molecular complexity index is 379. The van der Waals surface area contributed by atoms with Crippen molar-refractivity contribution in [3.8, 4) is 0 Å². The van der Waals surface area contributed by atoms with E-state index in [0.29, 0.717) is 0 Å². The average molecular weight is 147 g/mol. The Morgan fingerprint density at radius 2 is 1.55 bits per heavy atom. The van der Waals surface area contributed by atoms with Crippen molar-refractivity contribution in [1.29, 1.82) is 0 Å². The van der Waals surface area contributed by atoms with Crippen LogP contribution < -0.4 is 5.73 Å². The number of hydrogen-bond donors (Lipinski definition) is 1. The van der Waals surface area contributed by atoms with Crippen LogP contribution in [0.1, 0.15) is 0 Å². The van der Waals surface area contributed by atoms with Crippen molar-refractivity contribution in [2.24, 2.45) is 0 Å². The highest BCUT2D eigenvalue weighted by molar-refractivity contribution is 5.85. The summed E-state index contributed by atoms with van der Waals surface area (Å²) >= 11 is 0. The van der Waals surface area contributed by atoms with Gasteiger partial charge in [-0.2, -0.15) is 0 Å². The quantitative estimate of drug-likeness (QED) is 0.569. The summed E-state index contributed by atoms with van der Waals surface area (Å²) in [5.41, 5.74) is 6.45. The van der Waals surface area contributed by atoms with E-state index in [4.69, 9.17) is 5.73 Å². The summed E-state index contributed by atoms with van der Waals surface area (Å²) in [6.07, 6.45) is 0. The molecule has 0 heterocycles. The van der Waals surface area contributed by atoms with Gasteiger partial charge in [-0.05, 0) is 22.9 Å². The first-order chi connectivity index (χ1) is 5.36. The molecular formula is C10H9N. The topological polar surface area (TPSA) is 26.0 Å². The predicted molar refractivity (Wildman–Crippen MR) is 48.4 cm³/mol. The second-order valence-electron chi connectivity index (χ2n) is 2.61. The van der Waals surface area contributed by atoms with Crippen molar-refractivity contribution in [2.75, 3.05) is 5.73 Å². The summed E-state index contributed by atoms with van der Waals surface area (Å²) in [6, 6.07) is 14.1. The smallest absolute Gasteiger partial charge is 0.0320 e. The van der Waals surface area contributed by atoms with Gasteiger partial charge in [-0.15, -0.1) is 0 Å². The second kappa shape index (κ2) is 2.27. The zero-order valence-electron chi connectivity index (χ0n) is 6.12. The Kier molecular flexibility index (Phi) is 1.29. The molecule has 2 N–H and O–H groups in total. The molecule has 0 radical (unpaired) electrons. The number of hydrogen-bond acceptors (Lipinski definition) is 1. The van der Waals surface area contributed by atoms with Crippen molar-refractivity contribution >= 4 is 16.5 Å². The van der Waals surface area contributed by atoms with E-state index in [9.17, 15) is 0 Å². The van der Waals surface area contributed by atoms with E-state index < -0.39 is 0 Å². The van der Waals surface area contributed by atoms with Crippen LogP contribution in [-0.4, -0.2) is 0 Å². The Morgan fingerprint density at radius 1 is 0.818 bits per heavy atom. The van der Waals surface area contributed by atoms with Crippen LogP contribution in [0.3, 0.4) is 0 Å². The second-order valence-corrected chi connectivity index (χ2v) is 2.61. The predicted octanol–water partition coefficient (Wildman–Crippen LogP) is 2.42. The van der Waals surface area contributed by atoms with Gasteiger partial charge in [-0.3, -0.25) is 0 Å². The molecule has 0 bridgehead atoms. The van der Waals surface area contributed by atoms with Crippen molar-refractivity contribution in [2.45, 2.75) is 0 Å². The molecule has 11 heavy (non-hydrogen) atoms. The molecule has 0 atom stereocenters. The number of nitrogen functional groups attached to an aromatic ring is 1. The maximum absolute atomic E-state index is 5.62. The van der Waals surface area contributed by atoms with Crippen LogP contribution in [0.15, 0.2) is 42.5 Å². The normalized spacial score (nSPS) is 10.2. The minimum absolute atomic E-state index is 0.823. The zero-order valence-corrected chi connectivity index (χ0v) is 6.12. The van der Waals surface area contributed by atoms with Crippen LogP contribution in [0.5, 0.6) is 0 Å². The first kappa shape index (κ1) is 6.23. The van der Waals surface area contributed by atoms with Gasteiger partial charge in [-0.25, -0.2) is 0 Å². The number of nitrogens with two attached hydrogens (primary N) is 1. The molecule has 0 aromatic heterocycles. The molecule has 2 rings (SSSR count). The van der Waals surface area contributed by atoms with E-state index >= 15 is 0 Å². The zero-order chi connectivity index (χ0) is 7.68. The van der Waals surface area contributed by atoms with E-state index in [1.54, 1.807) is 0 Å². The summed E-state index contributed by atoms with van der Waals surface area (Å²) in [5.74, 6) is 0. The molecule has 1 nitrogen and oxygen atoms in total. The summed E-state index contributed by atoms with van der Waals surface area (Å²) in [5, 5.41) is 2.44. The van der Waals surface area contributed by atoms with Crippen molar-refractivity contribution in [3.63, 3.8) is 0 Å². The number of rotatable bonds is 0. The van der Waals surface area contributed by atoms with Crippen molar-refractivity contribution in [1.82, 2.24) is 0 Å². The Balaban J connectivity index is 2.83. The van der Waals surface area contributed by atoms with E-state index in [1.807, 2.05) is 30.3 Å². The van der Waals surface area contributed by atoms with Gasteiger partial charge in [0, 0.05) is 5.69 Å². The van der Waals surface area contributed by atoms with Crippen LogP contribution in [0.4, 0.5) is 5.69 Å². The van der Waals surface area contributed by atoms with Gasteiger partial charge in [0.05, 0.1) is 0 Å². The largest absolute Gasteiger partial charge is 0.399 e. The maximum atomic E-state index is 5.62. The van der Waals surface area contributed by atoms with Gasteiger partial charge in [0.2, 0.25) is 0 Å². The first-order valence-corrected chi connectivity index (χ1v) is 3.60. The van der Waals surface area contributed by atoms with Crippen molar-refractivity contribution < 1.29 is 0 Å². The average Bonchev–Trinajstić information content (AvgIpc) is 2.04. The fourth-order valence-electron chi connectivity index (χ4n) is 1.21. The molecule has 2 aromatic carbocycles. The summed E-state index contributed by atoms with van der Waals surface area (Å²) in [7, 11) is 0. The molecule has 0 fully saturated rings. The molecule has 0 saturated carbocycles. The molecule has 54 valence electrons. The third-order valence-electron chi connectivity index (χ3n) is 1.77. The standard InChI is InChI=1S/C10H9N/c11-10-6-5-8-3-1-2-4-9(8)7-10/h1-7H,11H2/i1+1,2+1,3+1,4+1. The highest BCUT2D eigenvalue weighted by Crippen LogP contribution is 2.15. The molecule has 0 aliphatic heterocycles. The van der Waals surface area contributed by atoms with E-state index in [2.05, 4.69) is 12.1 Å². The summed E-state index contributed by atoms with van der Waals surface area (Å²) < 4.78 is 0. The molecule has 0 unspecified atom stereocenters. The lowest BCUT2D eigenvalue weighted by Gasteiger charge is -1.96. The van der Waals surface area contributed by atoms with E-state index in [1.165, 1.54) is 10.8 Å². The Morgan fingerprint density at radius 3 is 2.36 bits per heavy atom. The number of anilines is 1. The molecule has 1 heteroatoms. The lowest BCUT2D eigenvalue weighted by Crippen LogP contribution is -1.82. The first-order valence-electron chi connectivity index (χ1n) is 3.60. The van der Waals surface area contributed by atoms with Crippen LogP contribution in [-0.2, 0) is 0 Å². The summed E-state index contributed by atoms with van der Waals surface area (Å²) in [4.78, 5) is 0.